The van der Waals surface area contributed by atoms with Gasteiger partial charge < -0.3 is 9.84 Å². The second kappa shape index (κ2) is 10.1. The van der Waals surface area contributed by atoms with Gasteiger partial charge in [0.05, 0.1) is 12.7 Å². The summed E-state index contributed by atoms with van der Waals surface area (Å²) in [7, 11) is 0. The van der Waals surface area contributed by atoms with Crippen molar-refractivity contribution < 1.29 is 41.0 Å². The summed E-state index contributed by atoms with van der Waals surface area (Å²) >= 11 is 0. The van der Waals surface area contributed by atoms with Gasteiger partial charge in [-0.15, -0.1) is 0 Å². The van der Waals surface area contributed by atoms with Crippen LogP contribution in [0.3, 0.4) is 0 Å². The van der Waals surface area contributed by atoms with Crippen molar-refractivity contribution in [3.05, 3.63) is 12.2 Å². The molecule has 5 fully saturated rings. The highest BCUT2D eigenvalue weighted by Gasteiger charge is 2.71. The number of rotatable bonds is 4. The zero-order chi connectivity index (χ0) is 32.2. The summed E-state index contributed by atoms with van der Waals surface area (Å²) in [6, 6.07) is 0. The lowest BCUT2D eigenvalue weighted by Gasteiger charge is -2.73. The minimum atomic E-state index is -5.76. The quantitative estimate of drug-likeness (QED) is 0.194. The number of aliphatic hydroxyl groups excluding tert-OH is 1. The Morgan fingerprint density at radius 2 is 1.47 bits per heavy atom. The molecule has 9 heteroatoms. The van der Waals surface area contributed by atoms with Crippen LogP contribution in [0.15, 0.2) is 12.2 Å². The number of alkyl halides is 6. The van der Waals surface area contributed by atoms with E-state index in [0.717, 1.165) is 56.9 Å². The topological polar surface area (TPSA) is 46.5 Å². The lowest BCUT2D eigenvalue weighted by atomic mass is 9.32. The van der Waals surface area contributed by atoms with Crippen LogP contribution in [0.5, 0.6) is 0 Å². The number of aliphatic hydroxyl groups is 1. The smallest absolute Gasteiger partial charge is 0.411 e. The van der Waals surface area contributed by atoms with Crippen LogP contribution in [0.25, 0.3) is 0 Å². The van der Waals surface area contributed by atoms with Crippen molar-refractivity contribution in [2.45, 2.75) is 124 Å². The summed E-state index contributed by atoms with van der Waals surface area (Å²) in [5, 5.41) is 10.9. The Hall–Kier alpha value is -1.25. The van der Waals surface area contributed by atoms with E-state index in [1.807, 2.05) is 6.92 Å². The summed E-state index contributed by atoms with van der Waals surface area (Å²) in [6.45, 7) is 17.5. The lowest BCUT2D eigenvalue weighted by molar-refractivity contribution is -0.284. The molecule has 0 radical (unpaired) electrons. The first-order valence-corrected chi connectivity index (χ1v) is 16.2. The third-order valence-electron chi connectivity index (χ3n) is 14.6. The van der Waals surface area contributed by atoms with Gasteiger partial charge in [0.25, 0.3) is 0 Å². The van der Waals surface area contributed by atoms with E-state index >= 15 is 0 Å². The maximum absolute atomic E-state index is 13.3. The number of allylic oxidation sites excluding steroid dienone is 1. The van der Waals surface area contributed by atoms with E-state index < -0.39 is 36.3 Å². The Labute approximate surface area is 252 Å². The number of carbonyl (C=O) groups excluding carboxylic acids is 1. The van der Waals surface area contributed by atoms with Gasteiger partial charge in [-0.2, -0.15) is 26.3 Å². The molecule has 10 atom stereocenters. The molecule has 0 bridgehead atoms. The van der Waals surface area contributed by atoms with E-state index in [1.54, 1.807) is 0 Å². The van der Waals surface area contributed by atoms with Crippen molar-refractivity contribution in [3.63, 3.8) is 0 Å². The molecule has 0 heterocycles. The van der Waals surface area contributed by atoms with Crippen LogP contribution in [0.2, 0.25) is 0 Å². The Morgan fingerprint density at radius 3 is 2.05 bits per heavy atom. The SMILES string of the molecule is C=C(C)[C@@H]1CC[C@]2(COC(=O)C(C(F)(F)F)C(F)(F)F)CC[C@]3(C)[C@H](CC[C@@H]4[C@@]5(C)CC[C@H](O)C(C)(C)[C@@H]5CC[C@]43C)[C@@H]12. The first-order valence-electron chi connectivity index (χ1n) is 16.2. The van der Waals surface area contributed by atoms with Gasteiger partial charge in [0.2, 0.25) is 5.92 Å². The number of esters is 1. The standard InChI is InChI=1S/C34H50F6O3/c1-19(2)20-10-15-32(18-43-27(42)26(33(35,36)37)34(38,39)40)17-16-30(6)21(25(20)32)8-9-23-29(5)13-12-24(41)28(3,4)22(29)11-14-31(23,30)7/h20-26,41H,1,8-18H2,2-7H3/t20-,21+,22-,23+,24-,25+,29-,30+,31+,32+/m0/s1. The number of carbonyl (C=O) groups is 1. The molecule has 43 heavy (non-hydrogen) atoms. The summed E-state index contributed by atoms with van der Waals surface area (Å²) in [5.41, 5.74) is 0.160. The fourth-order valence-electron chi connectivity index (χ4n) is 12.3. The Bertz CT molecular complexity index is 1120. The minimum Gasteiger partial charge on any atom is -0.464 e. The van der Waals surface area contributed by atoms with Crippen LogP contribution in [-0.4, -0.2) is 36.1 Å². The molecule has 0 unspecified atom stereocenters. The maximum atomic E-state index is 13.3. The largest absolute Gasteiger partial charge is 0.464 e. The molecule has 0 aromatic rings. The van der Waals surface area contributed by atoms with Gasteiger partial charge >= 0.3 is 18.3 Å². The van der Waals surface area contributed by atoms with Gasteiger partial charge in [0, 0.05) is 5.41 Å². The lowest BCUT2D eigenvalue weighted by Crippen LogP contribution is -2.66. The molecule has 1 N–H and O–H groups in total. The van der Waals surface area contributed by atoms with Gasteiger partial charge in [-0.25, -0.2) is 0 Å². The van der Waals surface area contributed by atoms with Crippen LogP contribution in [0.4, 0.5) is 26.3 Å². The highest BCUT2D eigenvalue weighted by Crippen LogP contribution is 2.77. The van der Waals surface area contributed by atoms with Gasteiger partial charge in [-0.1, -0.05) is 46.8 Å². The monoisotopic (exact) mass is 620 g/mol. The predicted molar refractivity (Wildman–Crippen MR) is 152 cm³/mol. The number of ether oxygens (including phenoxy) is 1. The van der Waals surface area contributed by atoms with Crippen molar-refractivity contribution >= 4 is 5.97 Å². The van der Waals surface area contributed by atoms with Crippen LogP contribution >= 0.6 is 0 Å². The second-order valence-corrected chi connectivity index (χ2v) is 16.5. The van der Waals surface area contributed by atoms with E-state index in [1.165, 1.54) is 0 Å². The molecule has 0 aliphatic heterocycles. The van der Waals surface area contributed by atoms with Crippen molar-refractivity contribution in [2.75, 3.05) is 6.61 Å². The summed E-state index contributed by atoms with van der Waals surface area (Å²) < 4.78 is 84.9. The van der Waals surface area contributed by atoms with E-state index in [2.05, 4.69) is 41.2 Å². The second-order valence-electron chi connectivity index (χ2n) is 16.5. The van der Waals surface area contributed by atoms with Gasteiger partial charge in [-0.05, 0) is 122 Å². The molecule has 5 aliphatic rings. The first kappa shape index (κ1) is 33.1. The predicted octanol–water partition coefficient (Wildman–Crippen LogP) is 9.29. The van der Waals surface area contributed by atoms with Crippen molar-refractivity contribution in [1.82, 2.24) is 0 Å². The Morgan fingerprint density at radius 1 is 0.837 bits per heavy atom. The zero-order valence-corrected chi connectivity index (χ0v) is 26.6. The average molecular weight is 621 g/mol. The molecule has 0 saturated heterocycles. The fraction of sp³-hybridized carbons (Fsp3) is 0.912. The molecule has 5 aliphatic carbocycles. The number of halogens is 6. The van der Waals surface area contributed by atoms with Gasteiger partial charge in [-0.3, -0.25) is 4.79 Å². The molecule has 5 saturated carbocycles. The third-order valence-corrected chi connectivity index (χ3v) is 14.6. The highest BCUT2D eigenvalue weighted by molar-refractivity contribution is 5.74. The van der Waals surface area contributed by atoms with Crippen molar-refractivity contribution in [2.24, 2.45) is 62.6 Å². The zero-order valence-electron chi connectivity index (χ0n) is 26.6. The van der Waals surface area contributed by atoms with Crippen molar-refractivity contribution in [3.8, 4) is 0 Å². The highest BCUT2D eigenvalue weighted by atomic mass is 19.4. The maximum Gasteiger partial charge on any atom is 0.411 e. The fourth-order valence-corrected chi connectivity index (χ4v) is 12.3. The number of fused-ring (bicyclic) bond motifs is 7. The van der Waals surface area contributed by atoms with Crippen LogP contribution < -0.4 is 0 Å². The van der Waals surface area contributed by atoms with Gasteiger partial charge in [0.1, 0.15) is 0 Å². The average Bonchev–Trinajstić information content (AvgIpc) is 3.24. The molecular formula is C34H50F6O3. The van der Waals surface area contributed by atoms with E-state index in [4.69, 9.17) is 4.74 Å². The molecule has 3 nitrogen and oxygen atoms in total. The van der Waals surface area contributed by atoms with Crippen LogP contribution in [0, 0.1) is 62.6 Å². The minimum absolute atomic E-state index is 0.00224. The summed E-state index contributed by atoms with van der Waals surface area (Å²) in [4.78, 5) is 12.4. The number of hydrogen-bond donors (Lipinski definition) is 1. The molecule has 0 spiro atoms. The van der Waals surface area contributed by atoms with Crippen LogP contribution in [-0.2, 0) is 9.53 Å². The molecular weight excluding hydrogens is 570 g/mol. The van der Waals surface area contributed by atoms with Crippen molar-refractivity contribution in [1.29, 1.82) is 0 Å². The van der Waals surface area contributed by atoms with Gasteiger partial charge in [0.15, 0.2) is 0 Å². The Kier molecular flexibility index (Phi) is 7.80. The molecule has 0 aromatic carbocycles. The summed E-state index contributed by atoms with van der Waals surface area (Å²) in [6.07, 6.45) is -3.30. The molecule has 0 aromatic heterocycles. The van der Waals surface area contributed by atoms with E-state index in [0.29, 0.717) is 24.7 Å². The first-order chi connectivity index (χ1) is 19.6. The van der Waals surface area contributed by atoms with Crippen LogP contribution in [0.1, 0.15) is 106 Å². The molecule has 0 amide bonds. The third kappa shape index (κ3) is 4.73. The molecule has 5 rings (SSSR count). The molecule has 246 valence electrons. The summed E-state index contributed by atoms with van der Waals surface area (Å²) in [5.74, 6) is -5.24. The Balaban J connectivity index is 1.47. The normalized spacial score (nSPS) is 45.9. The number of hydrogen-bond acceptors (Lipinski definition) is 3. The van der Waals surface area contributed by atoms with E-state index in [9.17, 15) is 36.2 Å². The van der Waals surface area contributed by atoms with E-state index in [-0.39, 0.29) is 45.5 Å².